The van der Waals surface area contributed by atoms with Gasteiger partial charge in [0.15, 0.2) is 58.0 Å². The number of benzene rings is 3. The molecule has 0 aliphatic heterocycles. The highest BCUT2D eigenvalue weighted by Crippen LogP contribution is 2.28. The normalized spacial score (nSPS) is 11.8. The van der Waals surface area contributed by atoms with Crippen LogP contribution in [-0.4, -0.2) is 11.3 Å². The molecule has 0 bridgehead atoms. The van der Waals surface area contributed by atoms with Gasteiger partial charge in [-0.25, -0.2) is 65.9 Å². The summed E-state index contributed by atoms with van der Waals surface area (Å²) in [6.45, 7) is 0. The predicted octanol–water partition coefficient (Wildman–Crippen LogP) is 5.64. The van der Waals surface area contributed by atoms with E-state index in [1.54, 1.807) is 0 Å². The van der Waals surface area contributed by atoms with Crippen LogP contribution in [0.3, 0.4) is 0 Å². The summed E-state index contributed by atoms with van der Waals surface area (Å²) >= 11 is 0. The number of halogens is 15. The summed E-state index contributed by atoms with van der Waals surface area (Å²) in [5.74, 6) is -46.1. The van der Waals surface area contributed by atoms with E-state index in [1.165, 1.54) is 6.07 Å². The quantitative estimate of drug-likeness (QED) is 0.103. The molecule has 0 amide bonds. The lowest BCUT2D eigenvalue weighted by Crippen LogP contribution is -2.88. The summed E-state index contributed by atoms with van der Waals surface area (Å²) in [5, 5.41) is 0. The second-order valence-electron chi connectivity index (χ2n) is 9.48. The lowest BCUT2D eigenvalue weighted by atomic mass is 9.23. The molecule has 2 heterocycles. The molecule has 0 unspecified atom stereocenters. The number of hydrogen-bond donors (Lipinski definition) is 0. The molecule has 0 spiro atoms. The maximum absolute atomic E-state index is 15.8. The van der Waals surface area contributed by atoms with Gasteiger partial charge in [0, 0.05) is 12.3 Å². The van der Waals surface area contributed by atoms with E-state index >= 15 is 26.3 Å². The number of aromatic nitrogens is 2. The van der Waals surface area contributed by atoms with Gasteiger partial charge in [-0.05, 0) is 34.6 Å². The fraction of sp³-hybridized carbons (Fsp3) is 0. The van der Waals surface area contributed by atoms with Crippen LogP contribution in [0.2, 0.25) is 0 Å². The highest BCUT2D eigenvalue weighted by atomic mass is 19.2. The molecule has 3 aromatic carbocycles. The summed E-state index contributed by atoms with van der Waals surface area (Å²) in [6.07, 6.45) is -4.70. The van der Waals surface area contributed by atoms with Gasteiger partial charge in [0.25, 0.3) is 0 Å². The van der Waals surface area contributed by atoms with Crippen LogP contribution in [0.4, 0.5) is 65.9 Å². The van der Waals surface area contributed by atoms with Crippen molar-refractivity contribution >= 4 is 22.7 Å². The first-order valence-corrected chi connectivity index (χ1v) is 12.2. The molecule has 0 aliphatic carbocycles. The number of hydrogen-bond acceptors (Lipinski definition) is 1. The van der Waals surface area contributed by atoms with Gasteiger partial charge in [0.05, 0.1) is 0 Å². The highest BCUT2D eigenvalue weighted by Gasteiger charge is 2.57. The van der Waals surface area contributed by atoms with Gasteiger partial charge in [-0.3, -0.25) is 4.98 Å². The maximum atomic E-state index is 15.8. The zero-order valence-electron chi connectivity index (χ0n) is 21.8. The monoisotopic (exact) mass is 668 g/mol. The molecule has 18 heteroatoms. The third-order valence-corrected chi connectivity index (χ3v) is 7.22. The van der Waals surface area contributed by atoms with Gasteiger partial charge in [-0.1, -0.05) is 12.1 Å². The predicted molar refractivity (Wildman–Crippen MR) is 129 cm³/mol. The number of pyridine rings is 2. The summed E-state index contributed by atoms with van der Waals surface area (Å²) < 4.78 is 226. The van der Waals surface area contributed by atoms with Gasteiger partial charge in [-0.2, -0.15) is 0 Å². The molecule has 5 aromatic rings. The van der Waals surface area contributed by atoms with E-state index in [0.29, 0.717) is 12.3 Å². The van der Waals surface area contributed by atoms with Gasteiger partial charge in [0.1, 0.15) is 46.8 Å². The molecule has 0 radical (unpaired) electrons. The molecule has 0 fully saturated rings. The first-order valence-electron chi connectivity index (χ1n) is 12.2. The van der Waals surface area contributed by atoms with Crippen LogP contribution in [0.25, 0.3) is 11.4 Å². The van der Waals surface area contributed by atoms with E-state index in [2.05, 4.69) is 4.98 Å². The summed E-state index contributed by atoms with van der Waals surface area (Å²) in [5.41, 5.74) is -9.69. The van der Waals surface area contributed by atoms with E-state index in [0.717, 1.165) is 30.5 Å². The van der Waals surface area contributed by atoms with Crippen LogP contribution in [0.1, 0.15) is 0 Å². The third kappa shape index (κ3) is 4.33. The molecular weight excluding hydrogens is 660 g/mol. The smallest absolute Gasteiger partial charge is 0.377 e. The Morgan fingerprint density at radius 3 is 1.04 bits per heavy atom. The molecule has 0 atom stereocenters. The second kappa shape index (κ2) is 11.4. The van der Waals surface area contributed by atoms with Gasteiger partial charge < -0.3 is 4.48 Å². The zero-order chi connectivity index (χ0) is 34.0. The largest absolute Gasteiger partial charge is 0.406 e. The summed E-state index contributed by atoms with van der Waals surface area (Å²) in [4.78, 5) is 3.79. The Kier molecular flexibility index (Phi) is 8.02. The van der Waals surface area contributed by atoms with Crippen molar-refractivity contribution in [2.45, 2.75) is 0 Å². The van der Waals surface area contributed by atoms with Crippen molar-refractivity contribution in [1.29, 1.82) is 0 Å². The van der Waals surface area contributed by atoms with Crippen molar-refractivity contribution < 1.29 is 70.3 Å². The topological polar surface area (TPSA) is 16.8 Å². The Morgan fingerprint density at radius 2 is 0.717 bits per heavy atom. The first-order chi connectivity index (χ1) is 21.6. The number of rotatable bonds is 5. The lowest BCUT2D eigenvalue weighted by molar-refractivity contribution is -0.527. The zero-order valence-corrected chi connectivity index (χ0v) is 21.8. The molecule has 238 valence electrons. The molecular formula is C28H8BF15N2. The van der Waals surface area contributed by atoms with Crippen LogP contribution in [0.5, 0.6) is 0 Å². The van der Waals surface area contributed by atoms with E-state index in [-0.39, 0.29) is 4.48 Å². The third-order valence-electron chi connectivity index (χ3n) is 7.22. The van der Waals surface area contributed by atoms with Crippen LogP contribution in [0.15, 0.2) is 48.8 Å². The van der Waals surface area contributed by atoms with Crippen LogP contribution >= 0.6 is 0 Å². The van der Waals surface area contributed by atoms with Crippen molar-refractivity contribution in [3.05, 3.63) is 136 Å². The minimum Gasteiger partial charge on any atom is -0.406 e. The molecule has 46 heavy (non-hydrogen) atoms. The molecule has 0 saturated heterocycles. The minimum absolute atomic E-state index is 0.156. The number of nitrogens with zero attached hydrogens (tertiary/aromatic N) is 2. The Morgan fingerprint density at radius 1 is 0.391 bits per heavy atom. The standard InChI is InChI=1S/C28H8BF15N2/c30-14-11(15(31)21(37)26(42)20(14)36)29(12-16(32)22(38)27(43)23(39)17(12)33,13-18(34)24(40)28(44)25(41)19(13)35)46-8-4-2-6-10(46)9-5-1-3-7-45-9/h1-8H. The summed E-state index contributed by atoms with van der Waals surface area (Å²) in [6, 6.07) is 5.80. The Labute approximate surface area is 245 Å². The fourth-order valence-corrected chi connectivity index (χ4v) is 5.34. The average Bonchev–Trinajstić information content (AvgIpc) is 3.06. The van der Waals surface area contributed by atoms with E-state index in [9.17, 15) is 39.5 Å². The van der Waals surface area contributed by atoms with Gasteiger partial charge in [-0.15, -0.1) is 0 Å². The van der Waals surface area contributed by atoms with Crippen LogP contribution < -0.4 is 20.9 Å². The van der Waals surface area contributed by atoms with Crippen molar-refractivity contribution in [3.8, 4) is 11.4 Å². The Hall–Kier alpha value is -5.03. The molecule has 0 N–H and O–H groups in total. The van der Waals surface area contributed by atoms with Crippen molar-refractivity contribution in [3.63, 3.8) is 0 Å². The summed E-state index contributed by atoms with van der Waals surface area (Å²) in [7, 11) is 0. The molecule has 2 nitrogen and oxygen atoms in total. The minimum atomic E-state index is -6.00. The molecule has 5 rings (SSSR count). The fourth-order valence-electron chi connectivity index (χ4n) is 5.34. The Balaban J connectivity index is 2.29. The van der Waals surface area contributed by atoms with Gasteiger partial charge in [0.2, 0.25) is 0 Å². The van der Waals surface area contributed by atoms with E-state index < -0.39 is 121 Å². The van der Waals surface area contributed by atoms with E-state index in [4.69, 9.17) is 0 Å². The lowest BCUT2D eigenvalue weighted by Gasteiger charge is -2.39. The SMILES string of the molecule is Fc1c(F)c(F)c([B-](c2c(F)c(F)c(F)c(F)c2F)(c2c(F)c(F)c(F)c(F)c2F)[n+]2ccccc2-c2ccccn2)c(F)c1F. The van der Waals surface area contributed by atoms with Crippen LogP contribution in [-0.2, 0) is 0 Å². The highest BCUT2D eigenvalue weighted by molar-refractivity contribution is 7.05. The van der Waals surface area contributed by atoms with Crippen molar-refractivity contribution in [2.75, 3.05) is 0 Å². The van der Waals surface area contributed by atoms with Crippen molar-refractivity contribution in [1.82, 2.24) is 4.98 Å². The Bertz CT molecular complexity index is 1820. The molecule has 0 aliphatic rings. The van der Waals surface area contributed by atoms with Crippen molar-refractivity contribution in [2.24, 2.45) is 0 Å². The van der Waals surface area contributed by atoms with Gasteiger partial charge >= 0.3 is 6.28 Å². The van der Waals surface area contributed by atoms with Crippen LogP contribution in [0, 0.1) is 87.3 Å². The first kappa shape index (κ1) is 32.4. The van der Waals surface area contributed by atoms with E-state index in [1.807, 2.05) is 0 Å². The molecule has 0 saturated carbocycles. The second-order valence-corrected chi connectivity index (χ2v) is 9.48. The maximum Gasteiger partial charge on any atom is 0.377 e. The molecule has 2 aromatic heterocycles. The average molecular weight is 668 g/mol.